The molecule has 3 aromatic rings. The number of hydrogen-bond acceptors (Lipinski definition) is 6. The molecule has 2 N–H and O–H groups in total. The molecular formula is C25H20Cl2F3N5O3S. The first kappa shape index (κ1) is 28.7. The van der Waals surface area contributed by atoms with Crippen LogP contribution in [-0.2, 0) is 15.8 Å². The molecule has 0 bridgehead atoms. The van der Waals surface area contributed by atoms with Gasteiger partial charge in [0.2, 0.25) is 11.1 Å². The first-order chi connectivity index (χ1) is 18.3. The molecule has 14 heteroatoms. The quantitative estimate of drug-likeness (QED) is 0.251. The number of thioether (sulfide) groups is 1. The molecule has 0 unspecified atom stereocenters. The molecule has 4 rings (SSSR count). The van der Waals surface area contributed by atoms with Crippen LogP contribution in [0.1, 0.15) is 49.3 Å². The van der Waals surface area contributed by atoms with Gasteiger partial charge in [-0.25, -0.2) is 0 Å². The maximum atomic E-state index is 13.7. The Balaban J connectivity index is 1.46. The number of carboxylic acid groups (broad SMARTS) is 1. The van der Waals surface area contributed by atoms with Gasteiger partial charge in [0.25, 0.3) is 0 Å². The standard InChI is InChI=1S/C25H20Cl2F3N5O3S/c1-24(2,22(37)38)8-7-13-3-6-19(17(26)9-13)31-21(36)12-39-23-32-33-34-35(23)20-11-16(25(28,29)30)15(10-18(20)27)14-4-5-14/h3,6,9-11,14H,4-5,12H2,1-2H3,(H,31,36)(H,37,38). The molecule has 1 amide bonds. The van der Waals surface area contributed by atoms with Crippen molar-refractivity contribution < 1.29 is 27.9 Å². The van der Waals surface area contributed by atoms with Gasteiger partial charge < -0.3 is 10.4 Å². The van der Waals surface area contributed by atoms with Crippen molar-refractivity contribution in [1.29, 1.82) is 0 Å². The number of carbonyl (C=O) groups excluding carboxylic acids is 1. The van der Waals surface area contributed by atoms with Crippen LogP contribution in [0.4, 0.5) is 18.9 Å². The smallest absolute Gasteiger partial charge is 0.416 e. The summed E-state index contributed by atoms with van der Waals surface area (Å²) in [6.45, 7) is 2.94. The van der Waals surface area contributed by atoms with E-state index in [1.54, 1.807) is 6.07 Å². The van der Waals surface area contributed by atoms with Gasteiger partial charge in [0.1, 0.15) is 5.41 Å². The maximum absolute atomic E-state index is 13.7. The second kappa shape index (κ2) is 11.1. The minimum Gasteiger partial charge on any atom is -0.480 e. The minimum atomic E-state index is -4.58. The SMILES string of the molecule is CC(C)(C#Cc1ccc(NC(=O)CSc2nnnn2-c2cc(C(F)(F)F)c(C3CC3)cc2Cl)c(Cl)c1)C(=O)O. The molecule has 0 aliphatic heterocycles. The van der Waals surface area contributed by atoms with Crippen LogP contribution in [0.25, 0.3) is 5.69 Å². The molecule has 1 aliphatic rings. The lowest BCUT2D eigenvalue weighted by atomic mass is 9.94. The average molecular weight is 598 g/mol. The van der Waals surface area contributed by atoms with Crippen LogP contribution in [0.2, 0.25) is 10.0 Å². The normalized spacial score (nSPS) is 13.5. The summed E-state index contributed by atoms with van der Waals surface area (Å²) in [7, 11) is 0. The van der Waals surface area contributed by atoms with Crippen LogP contribution >= 0.6 is 35.0 Å². The fraction of sp³-hybridized carbons (Fsp3) is 0.320. The minimum absolute atomic E-state index is 0.0490. The molecule has 39 heavy (non-hydrogen) atoms. The lowest BCUT2D eigenvalue weighted by Gasteiger charge is -2.16. The molecular weight excluding hydrogens is 578 g/mol. The molecule has 8 nitrogen and oxygen atoms in total. The number of aromatic nitrogens is 4. The van der Waals surface area contributed by atoms with E-state index in [-0.39, 0.29) is 38.1 Å². The van der Waals surface area contributed by atoms with Gasteiger partial charge in [-0.3, -0.25) is 9.59 Å². The number of amides is 1. The van der Waals surface area contributed by atoms with Crippen LogP contribution < -0.4 is 5.32 Å². The van der Waals surface area contributed by atoms with E-state index >= 15 is 0 Å². The molecule has 204 valence electrons. The Morgan fingerprint density at radius 1 is 1.18 bits per heavy atom. The number of hydrogen-bond donors (Lipinski definition) is 2. The van der Waals surface area contributed by atoms with Gasteiger partial charge in [-0.05, 0) is 78.9 Å². The van der Waals surface area contributed by atoms with Gasteiger partial charge in [-0.2, -0.15) is 17.9 Å². The van der Waals surface area contributed by atoms with Gasteiger partial charge in [0.15, 0.2) is 0 Å². The van der Waals surface area contributed by atoms with Crippen molar-refractivity contribution in [2.24, 2.45) is 5.41 Å². The highest BCUT2D eigenvalue weighted by Crippen LogP contribution is 2.48. The van der Waals surface area contributed by atoms with Gasteiger partial charge in [-0.15, -0.1) is 5.10 Å². The number of anilines is 1. The highest BCUT2D eigenvalue weighted by Gasteiger charge is 2.39. The molecule has 1 heterocycles. The van der Waals surface area contributed by atoms with Crippen molar-refractivity contribution in [3.05, 3.63) is 57.1 Å². The molecule has 2 aromatic carbocycles. The second-order valence-electron chi connectivity index (χ2n) is 9.25. The number of alkyl halides is 3. The first-order valence-corrected chi connectivity index (χ1v) is 13.2. The van der Waals surface area contributed by atoms with E-state index < -0.39 is 29.0 Å². The topological polar surface area (TPSA) is 110 Å². The summed E-state index contributed by atoms with van der Waals surface area (Å²) in [6.07, 6.45) is -3.24. The summed E-state index contributed by atoms with van der Waals surface area (Å²) in [5.74, 6) is 3.49. The van der Waals surface area contributed by atoms with E-state index in [0.717, 1.165) is 22.5 Å². The average Bonchev–Trinajstić information content (AvgIpc) is 3.60. The van der Waals surface area contributed by atoms with E-state index in [2.05, 4.69) is 32.7 Å². The van der Waals surface area contributed by atoms with E-state index in [1.165, 1.54) is 32.0 Å². The molecule has 1 aliphatic carbocycles. The highest BCUT2D eigenvalue weighted by molar-refractivity contribution is 7.99. The van der Waals surface area contributed by atoms with Crippen molar-refractivity contribution in [2.75, 3.05) is 11.1 Å². The molecule has 0 atom stereocenters. The Bertz CT molecular complexity index is 1510. The summed E-state index contributed by atoms with van der Waals surface area (Å²) in [5.41, 5.74) is -1.18. The second-order valence-corrected chi connectivity index (χ2v) is 11.0. The third-order valence-electron chi connectivity index (χ3n) is 5.74. The largest absolute Gasteiger partial charge is 0.480 e. The Kier molecular flexibility index (Phi) is 8.16. The van der Waals surface area contributed by atoms with Crippen molar-refractivity contribution in [3.8, 4) is 17.5 Å². The molecule has 1 aromatic heterocycles. The number of rotatable bonds is 7. The first-order valence-electron chi connectivity index (χ1n) is 11.4. The zero-order chi connectivity index (χ0) is 28.5. The van der Waals surface area contributed by atoms with Crippen LogP contribution in [0.15, 0.2) is 35.5 Å². The predicted octanol–water partition coefficient (Wildman–Crippen LogP) is 6.06. The Labute approximate surface area is 235 Å². The maximum Gasteiger partial charge on any atom is 0.416 e. The van der Waals surface area contributed by atoms with Crippen molar-refractivity contribution in [2.45, 2.75) is 43.9 Å². The fourth-order valence-corrected chi connectivity index (χ4v) is 4.59. The van der Waals surface area contributed by atoms with Crippen molar-refractivity contribution >= 4 is 52.5 Å². The predicted molar refractivity (Wildman–Crippen MR) is 140 cm³/mol. The molecule has 0 saturated heterocycles. The number of aliphatic carboxylic acids is 1. The van der Waals surface area contributed by atoms with Crippen LogP contribution in [0.3, 0.4) is 0 Å². The number of halogens is 5. The summed E-state index contributed by atoms with van der Waals surface area (Å²) in [6, 6.07) is 6.82. The fourth-order valence-electron chi connectivity index (χ4n) is 3.43. The summed E-state index contributed by atoms with van der Waals surface area (Å²) in [4.78, 5) is 23.8. The third kappa shape index (κ3) is 6.84. The van der Waals surface area contributed by atoms with Gasteiger partial charge in [-0.1, -0.05) is 46.8 Å². The third-order valence-corrected chi connectivity index (χ3v) is 7.27. The number of nitrogens with one attached hydrogen (secondary N) is 1. The molecule has 1 saturated carbocycles. The Morgan fingerprint density at radius 3 is 2.51 bits per heavy atom. The molecule has 1 fully saturated rings. The van der Waals surface area contributed by atoms with E-state index in [0.29, 0.717) is 24.1 Å². The Morgan fingerprint density at radius 2 is 1.90 bits per heavy atom. The Hall–Kier alpha value is -3.27. The monoisotopic (exact) mass is 597 g/mol. The van der Waals surface area contributed by atoms with E-state index in [4.69, 9.17) is 28.3 Å². The van der Waals surface area contributed by atoms with Gasteiger partial charge in [0, 0.05) is 5.56 Å². The van der Waals surface area contributed by atoms with Crippen LogP contribution in [0, 0.1) is 17.3 Å². The summed E-state index contributed by atoms with van der Waals surface area (Å²) < 4.78 is 42.3. The lowest BCUT2D eigenvalue weighted by Crippen LogP contribution is -2.21. The number of carboxylic acids is 1. The van der Waals surface area contributed by atoms with E-state index in [9.17, 15) is 22.8 Å². The highest BCUT2D eigenvalue weighted by atomic mass is 35.5. The van der Waals surface area contributed by atoms with Gasteiger partial charge in [0.05, 0.1) is 32.7 Å². The number of nitrogens with zero attached hydrogens (tertiary/aromatic N) is 4. The molecule has 0 spiro atoms. The zero-order valence-electron chi connectivity index (χ0n) is 20.4. The number of carbonyl (C=O) groups is 2. The zero-order valence-corrected chi connectivity index (χ0v) is 22.8. The van der Waals surface area contributed by atoms with Crippen molar-refractivity contribution in [1.82, 2.24) is 20.2 Å². The van der Waals surface area contributed by atoms with Crippen LogP contribution in [-0.4, -0.2) is 42.9 Å². The summed E-state index contributed by atoms with van der Waals surface area (Å²) >= 11 is 13.5. The van der Waals surface area contributed by atoms with Gasteiger partial charge >= 0.3 is 12.1 Å². The molecule has 0 radical (unpaired) electrons. The van der Waals surface area contributed by atoms with Crippen molar-refractivity contribution in [3.63, 3.8) is 0 Å². The lowest BCUT2D eigenvalue weighted by molar-refractivity contribution is -0.143. The van der Waals surface area contributed by atoms with Crippen LogP contribution in [0.5, 0.6) is 0 Å². The summed E-state index contributed by atoms with van der Waals surface area (Å²) in [5, 5.41) is 23.2. The number of benzene rings is 2. The number of tetrazole rings is 1. The van der Waals surface area contributed by atoms with E-state index in [1.807, 2.05) is 0 Å².